The van der Waals surface area contributed by atoms with Crippen molar-refractivity contribution in [1.82, 2.24) is 4.57 Å². The molecule has 0 bridgehead atoms. The number of hydrogen-bond donors (Lipinski definition) is 1. The van der Waals surface area contributed by atoms with Gasteiger partial charge in [-0.1, -0.05) is 0 Å². The van der Waals surface area contributed by atoms with Gasteiger partial charge in [0.2, 0.25) is 0 Å². The minimum Gasteiger partial charge on any atom is -0.382 e. The Kier molecular flexibility index (Phi) is 5.43. The van der Waals surface area contributed by atoms with E-state index in [9.17, 15) is 0 Å². The molecule has 2 N–H and O–H groups in total. The quantitative estimate of drug-likeness (QED) is 0.770. The second-order valence-electron chi connectivity index (χ2n) is 5.30. The molecule has 1 heterocycles. The molecule has 108 valence electrons. The lowest BCUT2D eigenvalue weighted by molar-refractivity contribution is 0.0679. The lowest BCUT2D eigenvalue weighted by Crippen LogP contribution is -2.18. The molecule has 1 aromatic rings. The summed E-state index contributed by atoms with van der Waals surface area (Å²) in [5.74, 6) is 0. The van der Waals surface area contributed by atoms with E-state index >= 15 is 0 Å². The van der Waals surface area contributed by atoms with Crippen molar-refractivity contribution in [3.05, 3.63) is 23.0 Å². The van der Waals surface area contributed by atoms with E-state index in [1.807, 2.05) is 0 Å². The van der Waals surface area contributed by atoms with E-state index < -0.39 is 0 Å². The third-order valence-electron chi connectivity index (χ3n) is 3.88. The molecular formula is C15H26N2O2. The van der Waals surface area contributed by atoms with Gasteiger partial charge in [0, 0.05) is 37.7 Å². The predicted octanol–water partition coefficient (Wildman–Crippen LogP) is 2.19. The topological polar surface area (TPSA) is 49.4 Å². The Balaban J connectivity index is 1.86. The third-order valence-corrected chi connectivity index (χ3v) is 3.88. The molecule has 4 heteroatoms. The lowest BCUT2D eigenvalue weighted by Gasteiger charge is -2.21. The molecule has 0 amide bonds. The molecule has 1 atom stereocenters. The van der Waals surface area contributed by atoms with Crippen LogP contribution in [0, 0.1) is 6.92 Å². The molecule has 19 heavy (non-hydrogen) atoms. The number of hydrogen-bond acceptors (Lipinski definition) is 3. The zero-order valence-electron chi connectivity index (χ0n) is 12.2. The van der Waals surface area contributed by atoms with E-state index in [1.54, 1.807) is 7.11 Å². The van der Waals surface area contributed by atoms with Gasteiger partial charge in [0.25, 0.3) is 0 Å². The molecule has 0 saturated heterocycles. The van der Waals surface area contributed by atoms with Crippen LogP contribution in [0.1, 0.15) is 42.3 Å². The van der Waals surface area contributed by atoms with Crippen LogP contribution in [0.2, 0.25) is 0 Å². The number of aromatic nitrogens is 1. The van der Waals surface area contributed by atoms with Gasteiger partial charge in [0.05, 0.1) is 13.2 Å². The second-order valence-corrected chi connectivity index (χ2v) is 5.30. The van der Waals surface area contributed by atoms with Crippen LogP contribution in [-0.2, 0) is 22.4 Å². The van der Waals surface area contributed by atoms with Crippen molar-refractivity contribution in [1.29, 1.82) is 0 Å². The Morgan fingerprint density at radius 1 is 1.37 bits per heavy atom. The van der Waals surface area contributed by atoms with Crippen LogP contribution < -0.4 is 5.73 Å². The number of nitrogens with zero attached hydrogens (tertiary/aromatic N) is 1. The summed E-state index contributed by atoms with van der Waals surface area (Å²) in [6.07, 6.45) is 4.54. The first kappa shape index (κ1) is 14.6. The molecule has 0 aliphatic heterocycles. The number of ether oxygens (including phenoxy) is 2. The zero-order chi connectivity index (χ0) is 13.7. The molecule has 1 aromatic heterocycles. The highest BCUT2D eigenvalue weighted by atomic mass is 16.5. The predicted molar refractivity (Wildman–Crippen MR) is 76.3 cm³/mol. The fourth-order valence-corrected chi connectivity index (χ4v) is 2.88. The summed E-state index contributed by atoms with van der Waals surface area (Å²) in [6.45, 7) is 5.36. The molecule has 1 aliphatic rings. The van der Waals surface area contributed by atoms with E-state index in [2.05, 4.69) is 17.6 Å². The third kappa shape index (κ3) is 3.59. The largest absolute Gasteiger partial charge is 0.382 e. The molecule has 1 aliphatic carbocycles. The average molecular weight is 266 g/mol. The fraction of sp³-hybridized carbons (Fsp3) is 0.733. The maximum Gasteiger partial charge on any atom is 0.0700 e. The van der Waals surface area contributed by atoms with Gasteiger partial charge in [-0.15, -0.1) is 0 Å². The number of fused-ring (bicyclic) bond motifs is 1. The summed E-state index contributed by atoms with van der Waals surface area (Å²) in [5.41, 5.74) is 10.3. The van der Waals surface area contributed by atoms with Crippen molar-refractivity contribution < 1.29 is 9.47 Å². The molecule has 0 aromatic carbocycles. The Morgan fingerprint density at radius 2 is 2.21 bits per heavy atom. The molecule has 0 radical (unpaired) electrons. The van der Waals surface area contributed by atoms with E-state index in [0.29, 0.717) is 13.2 Å². The Morgan fingerprint density at radius 3 is 3.00 bits per heavy atom. The molecule has 2 rings (SSSR count). The average Bonchev–Trinajstić information content (AvgIpc) is 2.72. The first-order valence-electron chi connectivity index (χ1n) is 7.25. The first-order valence-corrected chi connectivity index (χ1v) is 7.25. The summed E-state index contributed by atoms with van der Waals surface area (Å²) in [7, 11) is 1.70. The van der Waals surface area contributed by atoms with Crippen molar-refractivity contribution in [2.75, 3.05) is 26.9 Å². The van der Waals surface area contributed by atoms with Crippen LogP contribution in [0.15, 0.2) is 6.07 Å². The van der Waals surface area contributed by atoms with Crippen LogP contribution in [0.4, 0.5) is 0 Å². The van der Waals surface area contributed by atoms with Crippen LogP contribution in [0.25, 0.3) is 0 Å². The lowest BCUT2D eigenvalue weighted by atomic mass is 9.93. The molecule has 0 saturated carbocycles. The van der Waals surface area contributed by atoms with E-state index in [0.717, 1.165) is 26.0 Å². The highest BCUT2D eigenvalue weighted by Crippen LogP contribution is 2.30. The Hall–Kier alpha value is -0.840. The maximum atomic E-state index is 6.19. The summed E-state index contributed by atoms with van der Waals surface area (Å²) >= 11 is 0. The van der Waals surface area contributed by atoms with Crippen molar-refractivity contribution in [3.63, 3.8) is 0 Å². The van der Waals surface area contributed by atoms with Crippen LogP contribution in [0.3, 0.4) is 0 Å². The van der Waals surface area contributed by atoms with Gasteiger partial charge in [0.1, 0.15) is 0 Å². The monoisotopic (exact) mass is 266 g/mol. The SMILES string of the molecule is COCCOCCCn1c(C)cc2c1CCCC2N. The van der Waals surface area contributed by atoms with Gasteiger partial charge in [-0.05, 0) is 44.2 Å². The summed E-state index contributed by atoms with van der Waals surface area (Å²) in [5, 5.41) is 0. The minimum absolute atomic E-state index is 0.238. The second kappa shape index (κ2) is 7.08. The first-order chi connectivity index (χ1) is 9.24. The standard InChI is InChI=1S/C15H26N2O2/c1-12-11-13-14(16)5-3-6-15(13)17(12)7-4-8-19-10-9-18-2/h11,14H,3-10,16H2,1-2H3. The highest BCUT2D eigenvalue weighted by molar-refractivity contribution is 5.32. The van der Waals surface area contributed by atoms with Gasteiger partial charge >= 0.3 is 0 Å². The molecule has 4 nitrogen and oxygen atoms in total. The van der Waals surface area contributed by atoms with Gasteiger partial charge in [-0.2, -0.15) is 0 Å². The fourth-order valence-electron chi connectivity index (χ4n) is 2.88. The van der Waals surface area contributed by atoms with Crippen LogP contribution in [-0.4, -0.2) is 31.5 Å². The normalized spacial score (nSPS) is 18.6. The van der Waals surface area contributed by atoms with Gasteiger partial charge in [-0.25, -0.2) is 0 Å². The summed E-state index contributed by atoms with van der Waals surface area (Å²) in [6, 6.07) is 2.51. The number of methoxy groups -OCH3 is 1. The Bertz CT molecular complexity index is 401. The minimum atomic E-state index is 0.238. The Labute approximate surface area is 115 Å². The van der Waals surface area contributed by atoms with Gasteiger partial charge in [0.15, 0.2) is 0 Å². The van der Waals surface area contributed by atoms with E-state index in [1.165, 1.54) is 29.8 Å². The van der Waals surface area contributed by atoms with E-state index in [4.69, 9.17) is 15.2 Å². The molecule has 1 unspecified atom stereocenters. The van der Waals surface area contributed by atoms with Crippen molar-refractivity contribution in [2.24, 2.45) is 5.73 Å². The van der Waals surface area contributed by atoms with Gasteiger partial charge in [-0.3, -0.25) is 0 Å². The molecule has 0 fully saturated rings. The zero-order valence-corrected chi connectivity index (χ0v) is 12.2. The summed E-state index contributed by atoms with van der Waals surface area (Å²) < 4.78 is 12.9. The summed E-state index contributed by atoms with van der Waals surface area (Å²) in [4.78, 5) is 0. The van der Waals surface area contributed by atoms with Crippen molar-refractivity contribution in [2.45, 2.75) is 45.2 Å². The number of rotatable bonds is 7. The smallest absolute Gasteiger partial charge is 0.0700 e. The molecular weight excluding hydrogens is 240 g/mol. The van der Waals surface area contributed by atoms with Crippen LogP contribution in [0.5, 0.6) is 0 Å². The van der Waals surface area contributed by atoms with Gasteiger partial charge < -0.3 is 19.8 Å². The van der Waals surface area contributed by atoms with E-state index in [-0.39, 0.29) is 6.04 Å². The number of aryl methyl sites for hydroxylation is 1. The van der Waals surface area contributed by atoms with Crippen molar-refractivity contribution >= 4 is 0 Å². The maximum absolute atomic E-state index is 6.19. The highest BCUT2D eigenvalue weighted by Gasteiger charge is 2.21. The van der Waals surface area contributed by atoms with Crippen molar-refractivity contribution in [3.8, 4) is 0 Å². The van der Waals surface area contributed by atoms with Crippen LogP contribution >= 0.6 is 0 Å². The number of nitrogens with two attached hydrogens (primary N) is 1. The molecule has 0 spiro atoms.